The number of carboxylic acids is 1. The van der Waals surface area contributed by atoms with Crippen LogP contribution in [0.1, 0.15) is 22.3 Å². The Hall–Kier alpha value is -2.35. The quantitative estimate of drug-likeness (QED) is 0.664. The summed E-state index contributed by atoms with van der Waals surface area (Å²) in [6.07, 6.45) is 1.75. The fourth-order valence-corrected chi connectivity index (χ4v) is 2.09. The monoisotopic (exact) mass is 252 g/mol. The molecule has 2 heteroatoms. The first-order chi connectivity index (χ1) is 9.09. The lowest BCUT2D eigenvalue weighted by Crippen LogP contribution is -2.00. The standard InChI is InChI=1S/C17H16O2/c1-12-7-6-8-13(2)15(12)11-16(17(18)19)14-9-4-3-5-10-14/h3-11H,1-2H3,(H,18,19)/b16-11+. The van der Waals surface area contributed by atoms with E-state index in [4.69, 9.17) is 0 Å². The molecule has 1 N–H and O–H groups in total. The molecule has 0 bridgehead atoms. The SMILES string of the molecule is Cc1cccc(C)c1/C=C(/C(=O)O)c1ccccc1. The number of aliphatic carboxylic acids is 1. The molecule has 96 valence electrons. The second-order valence-corrected chi connectivity index (χ2v) is 4.53. The first-order valence-electron chi connectivity index (χ1n) is 6.16. The lowest BCUT2D eigenvalue weighted by molar-refractivity contribution is -0.130. The molecule has 0 saturated carbocycles. The summed E-state index contributed by atoms with van der Waals surface area (Å²) in [5.74, 6) is -0.908. The fraction of sp³-hybridized carbons (Fsp3) is 0.118. The van der Waals surface area contributed by atoms with Crippen molar-refractivity contribution in [3.8, 4) is 0 Å². The van der Waals surface area contributed by atoms with Crippen molar-refractivity contribution >= 4 is 17.6 Å². The molecule has 2 aromatic carbocycles. The van der Waals surface area contributed by atoms with Gasteiger partial charge in [-0.05, 0) is 42.2 Å². The van der Waals surface area contributed by atoms with Crippen LogP contribution in [0.3, 0.4) is 0 Å². The Morgan fingerprint density at radius 2 is 1.53 bits per heavy atom. The van der Waals surface area contributed by atoms with Gasteiger partial charge in [0.15, 0.2) is 0 Å². The predicted octanol–water partition coefficient (Wildman–Crippen LogP) is 3.93. The van der Waals surface area contributed by atoms with Crippen LogP contribution in [0.15, 0.2) is 48.5 Å². The zero-order chi connectivity index (χ0) is 13.8. The second-order valence-electron chi connectivity index (χ2n) is 4.53. The van der Waals surface area contributed by atoms with Crippen LogP contribution in [-0.4, -0.2) is 11.1 Å². The van der Waals surface area contributed by atoms with Crippen LogP contribution in [0.2, 0.25) is 0 Å². The Morgan fingerprint density at radius 1 is 0.947 bits per heavy atom. The van der Waals surface area contributed by atoms with Crippen LogP contribution in [-0.2, 0) is 4.79 Å². The summed E-state index contributed by atoms with van der Waals surface area (Å²) in [5.41, 5.74) is 4.17. The molecule has 2 rings (SSSR count). The van der Waals surface area contributed by atoms with Gasteiger partial charge in [0.1, 0.15) is 0 Å². The lowest BCUT2D eigenvalue weighted by atomic mass is 9.97. The van der Waals surface area contributed by atoms with Crippen molar-refractivity contribution < 1.29 is 9.90 Å². The maximum atomic E-state index is 11.5. The van der Waals surface area contributed by atoms with Crippen LogP contribution >= 0.6 is 0 Å². The molecule has 0 amide bonds. The van der Waals surface area contributed by atoms with E-state index < -0.39 is 5.97 Å². The van der Waals surface area contributed by atoms with E-state index in [-0.39, 0.29) is 0 Å². The second kappa shape index (κ2) is 5.53. The van der Waals surface area contributed by atoms with E-state index in [1.165, 1.54) is 0 Å². The van der Waals surface area contributed by atoms with Gasteiger partial charge in [0, 0.05) is 0 Å². The van der Waals surface area contributed by atoms with Crippen molar-refractivity contribution in [1.82, 2.24) is 0 Å². The number of carbonyl (C=O) groups is 1. The normalized spacial score (nSPS) is 11.4. The van der Waals surface area contributed by atoms with Crippen LogP contribution in [0.4, 0.5) is 0 Å². The predicted molar refractivity (Wildman–Crippen MR) is 77.9 cm³/mol. The third-order valence-electron chi connectivity index (χ3n) is 3.15. The summed E-state index contributed by atoms with van der Waals surface area (Å²) >= 11 is 0. The summed E-state index contributed by atoms with van der Waals surface area (Å²) in [6.45, 7) is 3.98. The molecule has 0 saturated heterocycles. The third-order valence-corrected chi connectivity index (χ3v) is 3.15. The molecule has 0 heterocycles. The fourth-order valence-electron chi connectivity index (χ4n) is 2.09. The summed E-state index contributed by atoms with van der Waals surface area (Å²) < 4.78 is 0. The Morgan fingerprint density at radius 3 is 2.05 bits per heavy atom. The zero-order valence-electron chi connectivity index (χ0n) is 11.1. The number of carboxylic acid groups (broad SMARTS) is 1. The van der Waals surface area contributed by atoms with Crippen molar-refractivity contribution in [3.63, 3.8) is 0 Å². The Balaban J connectivity index is 2.57. The smallest absolute Gasteiger partial charge is 0.336 e. The topological polar surface area (TPSA) is 37.3 Å². The minimum atomic E-state index is -0.908. The number of hydrogen-bond acceptors (Lipinski definition) is 1. The molecule has 0 radical (unpaired) electrons. The van der Waals surface area contributed by atoms with Crippen molar-refractivity contribution in [2.45, 2.75) is 13.8 Å². The molecular formula is C17H16O2. The van der Waals surface area contributed by atoms with Crippen LogP contribution in [0.25, 0.3) is 11.6 Å². The van der Waals surface area contributed by atoms with Gasteiger partial charge in [0.2, 0.25) is 0 Å². The lowest BCUT2D eigenvalue weighted by Gasteiger charge is -2.08. The first-order valence-corrected chi connectivity index (χ1v) is 6.16. The third kappa shape index (κ3) is 2.91. The maximum Gasteiger partial charge on any atom is 0.336 e. The molecule has 2 aromatic rings. The highest BCUT2D eigenvalue weighted by Crippen LogP contribution is 2.22. The highest BCUT2D eigenvalue weighted by molar-refractivity contribution is 6.20. The maximum absolute atomic E-state index is 11.5. The zero-order valence-corrected chi connectivity index (χ0v) is 11.1. The molecular weight excluding hydrogens is 236 g/mol. The van der Waals surface area contributed by atoms with Crippen molar-refractivity contribution in [1.29, 1.82) is 0 Å². The van der Waals surface area contributed by atoms with E-state index in [0.29, 0.717) is 5.57 Å². The van der Waals surface area contributed by atoms with Crippen LogP contribution in [0, 0.1) is 13.8 Å². The summed E-state index contributed by atoms with van der Waals surface area (Å²) in [7, 11) is 0. The van der Waals surface area contributed by atoms with Crippen LogP contribution in [0.5, 0.6) is 0 Å². The van der Waals surface area contributed by atoms with Crippen molar-refractivity contribution in [2.24, 2.45) is 0 Å². The molecule has 19 heavy (non-hydrogen) atoms. The minimum absolute atomic E-state index is 0.318. The van der Waals surface area contributed by atoms with Gasteiger partial charge in [-0.1, -0.05) is 48.5 Å². The minimum Gasteiger partial charge on any atom is -0.478 e. The summed E-state index contributed by atoms with van der Waals surface area (Å²) in [6, 6.07) is 15.1. The molecule has 0 fully saturated rings. The molecule has 0 aliphatic heterocycles. The van der Waals surface area contributed by atoms with Gasteiger partial charge in [-0.15, -0.1) is 0 Å². The summed E-state index contributed by atoms with van der Waals surface area (Å²) in [4.78, 5) is 11.5. The van der Waals surface area contributed by atoms with E-state index in [1.807, 2.05) is 62.4 Å². The van der Waals surface area contributed by atoms with Gasteiger partial charge in [0.05, 0.1) is 5.57 Å². The molecule has 2 nitrogen and oxygen atoms in total. The molecule has 0 spiro atoms. The van der Waals surface area contributed by atoms with E-state index in [1.54, 1.807) is 6.08 Å². The Kier molecular flexibility index (Phi) is 3.81. The average molecular weight is 252 g/mol. The van der Waals surface area contributed by atoms with Gasteiger partial charge in [-0.3, -0.25) is 0 Å². The first kappa shape index (κ1) is 13.1. The Labute approximate surface area is 113 Å². The molecule has 0 atom stereocenters. The Bertz CT molecular complexity index is 605. The molecule has 0 aliphatic carbocycles. The average Bonchev–Trinajstić information content (AvgIpc) is 2.39. The molecule has 0 aliphatic rings. The largest absolute Gasteiger partial charge is 0.478 e. The number of rotatable bonds is 3. The van der Waals surface area contributed by atoms with Gasteiger partial charge in [-0.2, -0.15) is 0 Å². The van der Waals surface area contributed by atoms with E-state index in [0.717, 1.165) is 22.3 Å². The van der Waals surface area contributed by atoms with Gasteiger partial charge < -0.3 is 5.11 Å². The van der Waals surface area contributed by atoms with Gasteiger partial charge in [-0.25, -0.2) is 4.79 Å². The number of benzene rings is 2. The molecule has 0 aromatic heterocycles. The highest BCUT2D eigenvalue weighted by Gasteiger charge is 2.11. The van der Waals surface area contributed by atoms with Crippen molar-refractivity contribution in [3.05, 3.63) is 70.8 Å². The summed E-state index contributed by atoms with van der Waals surface area (Å²) in [5, 5.41) is 9.40. The van der Waals surface area contributed by atoms with E-state index in [9.17, 15) is 9.90 Å². The van der Waals surface area contributed by atoms with Crippen molar-refractivity contribution in [2.75, 3.05) is 0 Å². The molecule has 0 unspecified atom stereocenters. The van der Waals surface area contributed by atoms with E-state index >= 15 is 0 Å². The number of aryl methyl sites for hydroxylation is 2. The van der Waals surface area contributed by atoms with E-state index in [2.05, 4.69) is 0 Å². The van der Waals surface area contributed by atoms with Crippen LogP contribution < -0.4 is 0 Å². The number of hydrogen-bond donors (Lipinski definition) is 1. The van der Waals surface area contributed by atoms with Gasteiger partial charge in [0.25, 0.3) is 0 Å². The highest BCUT2D eigenvalue weighted by atomic mass is 16.4. The van der Waals surface area contributed by atoms with Gasteiger partial charge >= 0.3 is 5.97 Å².